The minimum Gasteiger partial charge on any atom is -0.539 e. The average Bonchev–Trinajstić information content (AvgIpc) is 3.08. The Hall–Kier alpha value is -2.28. The van der Waals surface area contributed by atoms with Crippen molar-refractivity contribution in [3.05, 3.63) is 33.5 Å². The number of likely N-dealkylation sites (N-methyl/N-ethyl adjacent to an activating group) is 1. The van der Waals surface area contributed by atoms with Crippen LogP contribution < -0.4 is 15.1 Å². The Morgan fingerprint density at radius 3 is 2.68 bits per heavy atom. The van der Waals surface area contributed by atoms with Crippen molar-refractivity contribution in [1.82, 2.24) is 15.1 Å². The van der Waals surface area contributed by atoms with Crippen LogP contribution in [-0.4, -0.2) is 44.6 Å². The topological polar surface area (TPSA) is 106 Å². The van der Waals surface area contributed by atoms with E-state index in [1.807, 2.05) is 12.1 Å². The summed E-state index contributed by atoms with van der Waals surface area (Å²) in [7, 11) is 1.57. The molecular formula is C17H18IN5O4S. The number of benzene rings is 1. The van der Waals surface area contributed by atoms with Gasteiger partial charge < -0.3 is 19.8 Å². The van der Waals surface area contributed by atoms with Crippen molar-refractivity contribution >= 4 is 57.4 Å². The molecule has 1 aromatic carbocycles. The Labute approximate surface area is 180 Å². The lowest BCUT2D eigenvalue weighted by atomic mass is 10.1. The smallest absolute Gasteiger partial charge is 0.252 e. The molecule has 9 nitrogen and oxygen atoms in total. The number of nitrogens with zero attached hydrogens (tertiary/aromatic N) is 4. The highest BCUT2D eigenvalue weighted by Gasteiger charge is 2.44. The highest BCUT2D eigenvalue weighted by Crippen LogP contribution is 2.24. The van der Waals surface area contributed by atoms with Gasteiger partial charge in [-0.2, -0.15) is 0 Å². The number of aryl methyl sites for hydroxylation is 1. The fourth-order valence-corrected chi connectivity index (χ4v) is 3.71. The first-order valence-corrected chi connectivity index (χ1v) is 9.99. The minimum absolute atomic E-state index is 0.0292. The van der Waals surface area contributed by atoms with Crippen molar-refractivity contribution < 1.29 is 23.9 Å². The second-order valence-corrected chi connectivity index (χ2v) is 7.81. The lowest BCUT2D eigenvalue weighted by Crippen LogP contribution is -2.42. The van der Waals surface area contributed by atoms with Gasteiger partial charge in [-0.15, -0.1) is 0 Å². The lowest BCUT2D eigenvalue weighted by Gasteiger charge is -2.22. The first kappa shape index (κ1) is 20.5. The SMILES string of the molecule is CCN1C(=O)C(CC(=O)Nc2ccc(I)cc2)N(Cc2c([O-])on[n+]2C)C1=S. The molecule has 2 aromatic rings. The maximum absolute atomic E-state index is 12.8. The summed E-state index contributed by atoms with van der Waals surface area (Å²) in [6.45, 7) is 2.21. The number of carbonyl (C=O) groups excluding carboxylic acids is 2. The molecule has 0 saturated carbocycles. The van der Waals surface area contributed by atoms with E-state index in [0.29, 0.717) is 12.2 Å². The number of hydrogen-bond donors (Lipinski definition) is 1. The zero-order valence-corrected chi connectivity index (χ0v) is 18.2. The molecule has 11 heteroatoms. The molecule has 1 aliphatic heterocycles. The molecule has 0 aliphatic carbocycles. The lowest BCUT2D eigenvalue weighted by molar-refractivity contribution is -0.746. The second-order valence-electron chi connectivity index (χ2n) is 6.20. The van der Waals surface area contributed by atoms with Gasteiger partial charge in [0, 0.05) is 15.8 Å². The van der Waals surface area contributed by atoms with Gasteiger partial charge in [0.05, 0.1) is 11.7 Å². The number of rotatable bonds is 6. The van der Waals surface area contributed by atoms with Crippen molar-refractivity contribution in [1.29, 1.82) is 0 Å². The number of carbonyl (C=O) groups is 2. The summed E-state index contributed by atoms with van der Waals surface area (Å²) in [5.41, 5.74) is 0.890. The van der Waals surface area contributed by atoms with Crippen molar-refractivity contribution in [3.63, 3.8) is 0 Å². The molecule has 1 unspecified atom stereocenters. The molecule has 1 aliphatic rings. The van der Waals surface area contributed by atoms with Crippen LogP contribution in [0.4, 0.5) is 5.69 Å². The Bertz CT molecular complexity index is 897. The molecule has 0 spiro atoms. The van der Waals surface area contributed by atoms with Gasteiger partial charge >= 0.3 is 0 Å². The molecule has 0 radical (unpaired) electrons. The van der Waals surface area contributed by atoms with Crippen molar-refractivity contribution in [2.45, 2.75) is 25.9 Å². The average molecular weight is 515 g/mol. The normalized spacial score (nSPS) is 16.8. The summed E-state index contributed by atoms with van der Waals surface area (Å²) in [5, 5.41) is 18.5. The van der Waals surface area contributed by atoms with E-state index in [0.717, 1.165) is 3.57 Å². The van der Waals surface area contributed by atoms with Gasteiger partial charge in [0.2, 0.25) is 5.91 Å². The van der Waals surface area contributed by atoms with Gasteiger partial charge in [0.1, 0.15) is 12.6 Å². The van der Waals surface area contributed by atoms with Crippen molar-refractivity contribution in [2.24, 2.45) is 7.05 Å². The van der Waals surface area contributed by atoms with E-state index >= 15 is 0 Å². The van der Waals surface area contributed by atoms with Gasteiger partial charge in [-0.3, -0.25) is 14.5 Å². The largest absolute Gasteiger partial charge is 0.539 e. The quantitative estimate of drug-likeness (QED) is 0.340. The number of anilines is 1. The van der Waals surface area contributed by atoms with Crippen LogP contribution in [0.1, 0.15) is 19.0 Å². The number of halogens is 1. The molecule has 1 N–H and O–H groups in total. The van der Waals surface area contributed by atoms with Crippen LogP contribution in [0.5, 0.6) is 5.95 Å². The summed E-state index contributed by atoms with van der Waals surface area (Å²) in [5.74, 6) is -1.19. The first-order chi connectivity index (χ1) is 13.3. The monoisotopic (exact) mass is 515 g/mol. The molecule has 0 bridgehead atoms. The number of aromatic nitrogens is 2. The van der Waals surface area contributed by atoms with Crippen molar-refractivity contribution in [3.8, 4) is 5.95 Å². The molecule has 2 heterocycles. The summed E-state index contributed by atoms with van der Waals surface area (Å²) < 4.78 is 6.98. The van der Waals surface area contributed by atoms with Gasteiger partial charge in [0.15, 0.2) is 18.1 Å². The predicted molar refractivity (Wildman–Crippen MR) is 109 cm³/mol. The molecule has 148 valence electrons. The van der Waals surface area contributed by atoms with Crippen LogP contribution in [0, 0.1) is 3.57 Å². The second kappa shape index (κ2) is 8.39. The summed E-state index contributed by atoms with van der Waals surface area (Å²) in [4.78, 5) is 28.3. The number of hydrogen-bond acceptors (Lipinski definition) is 6. The third-order valence-corrected chi connectivity index (χ3v) is 5.59. The van der Waals surface area contributed by atoms with E-state index in [-0.39, 0.29) is 35.6 Å². The first-order valence-electron chi connectivity index (χ1n) is 8.51. The number of nitrogens with one attached hydrogen (secondary N) is 1. The van der Waals surface area contributed by atoms with E-state index in [4.69, 9.17) is 12.2 Å². The Balaban J connectivity index is 1.79. The standard InChI is InChI=1S/C17H18IN5O4S/c1-3-22-15(25)12(8-14(24)19-11-6-4-10(18)5-7-11)23(17(22)28)9-13-16(26)27-20-21(13)2/h4-7,12H,3,8-9H2,1-2H3,(H-,19,20,24,26). The molecule has 3 rings (SSSR count). The third-order valence-electron chi connectivity index (χ3n) is 4.42. The van der Waals surface area contributed by atoms with Crippen LogP contribution in [0.15, 0.2) is 28.8 Å². The van der Waals surface area contributed by atoms with Crippen LogP contribution in [0.2, 0.25) is 0 Å². The maximum atomic E-state index is 12.8. The fourth-order valence-electron chi connectivity index (χ4n) is 2.94. The highest BCUT2D eigenvalue weighted by atomic mass is 127. The molecular weight excluding hydrogens is 497 g/mol. The molecule has 1 fully saturated rings. The van der Waals surface area contributed by atoms with Crippen LogP contribution >= 0.6 is 34.8 Å². The van der Waals surface area contributed by atoms with Crippen LogP contribution in [0.25, 0.3) is 0 Å². The maximum Gasteiger partial charge on any atom is 0.252 e. The van der Waals surface area contributed by atoms with E-state index in [2.05, 4.69) is 37.7 Å². The zero-order valence-electron chi connectivity index (χ0n) is 15.2. The van der Waals surface area contributed by atoms with Gasteiger partial charge in [-0.05, 0) is 66.0 Å². The van der Waals surface area contributed by atoms with Gasteiger partial charge in [-0.25, -0.2) is 0 Å². The van der Waals surface area contributed by atoms with Crippen molar-refractivity contribution in [2.75, 3.05) is 11.9 Å². The predicted octanol–water partition coefficient (Wildman–Crippen LogP) is 0.524. The fraction of sp³-hybridized carbons (Fsp3) is 0.353. The highest BCUT2D eigenvalue weighted by molar-refractivity contribution is 14.1. The molecule has 2 amide bonds. The minimum atomic E-state index is -0.800. The van der Waals surface area contributed by atoms with E-state index in [1.54, 1.807) is 31.0 Å². The Morgan fingerprint density at radius 2 is 2.11 bits per heavy atom. The summed E-state index contributed by atoms with van der Waals surface area (Å²) in [6, 6.07) is 6.53. The number of amides is 2. The van der Waals surface area contributed by atoms with E-state index in [1.165, 1.54) is 9.58 Å². The summed E-state index contributed by atoms with van der Waals surface area (Å²) in [6.07, 6.45) is -0.0926. The molecule has 1 atom stereocenters. The molecule has 28 heavy (non-hydrogen) atoms. The Kier molecular flexibility index (Phi) is 6.13. The third kappa shape index (κ3) is 4.09. The molecule has 1 saturated heterocycles. The summed E-state index contributed by atoms with van der Waals surface area (Å²) >= 11 is 7.58. The van der Waals surface area contributed by atoms with Gasteiger partial charge in [-0.1, -0.05) is 4.68 Å². The molecule has 1 aromatic heterocycles. The zero-order chi connectivity index (χ0) is 20.4. The number of thiocarbonyl (C=S) groups is 1. The van der Waals surface area contributed by atoms with E-state index in [9.17, 15) is 14.7 Å². The van der Waals surface area contributed by atoms with Crippen LogP contribution in [-0.2, 0) is 23.2 Å². The Morgan fingerprint density at radius 1 is 1.43 bits per heavy atom. The van der Waals surface area contributed by atoms with E-state index < -0.39 is 12.0 Å². The van der Waals surface area contributed by atoms with Crippen LogP contribution in [0.3, 0.4) is 0 Å². The van der Waals surface area contributed by atoms with Gasteiger partial charge in [0.25, 0.3) is 11.6 Å².